The fourth-order valence-corrected chi connectivity index (χ4v) is 3.72. The van der Waals surface area contributed by atoms with Crippen molar-refractivity contribution < 1.29 is 9.59 Å². The number of amides is 2. The Morgan fingerprint density at radius 3 is 2.54 bits per heavy atom. The molecular formula is C21H22BrN3O2S. The van der Waals surface area contributed by atoms with E-state index in [1.54, 1.807) is 30.3 Å². The maximum Gasteiger partial charge on any atom is 0.257 e. The molecule has 0 atom stereocenters. The fourth-order valence-electron chi connectivity index (χ4n) is 3.12. The van der Waals surface area contributed by atoms with Gasteiger partial charge in [-0.25, -0.2) is 0 Å². The summed E-state index contributed by atoms with van der Waals surface area (Å²) in [5.74, 6) is 0.321. The van der Waals surface area contributed by atoms with Gasteiger partial charge in [-0.3, -0.25) is 14.9 Å². The van der Waals surface area contributed by atoms with E-state index in [-0.39, 0.29) is 16.9 Å². The maximum absolute atomic E-state index is 12.9. The number of thiocarbonyl (C=S) groups is 1. The van der Waals surface area contributed by atoms with E-state index < -0.39 is 0 Å². The fraction of sp³-hybridized carbons (Fsp3) is 0.286. The van der Waals surface area contributed by atoms with Crippen molar-refractivity contribution in [2.45, 2.75) is 19.8 Å². The van der Waals surface area contributed by atoms with Crippen LogP contribution < -0.4 is 10.6 Å². The first-order chi connectivity index (χ1) is 13.4. The number of hydrogen-bond donors (Lipinski definition) is 2. The van der Waals surface area contributed by atoms with E-state index in [9.17, 15) is 9.59 Å². The summed E-state index contributed by atoms with van der Waals surface area (Å²) in [5.41, 5.74) is 1.63. The van der Waals surface area contributed by atoms with Gasteiger partial charge in [-0.15, -0.1) is 0 Å². The molecule has 0 bridgehead atoms. The van der Waals surface area contributed by atoms with Crippen LogP contribution in [0.4, 0.5) is 5.69 Å². The van der Waals surface area contributed by atoms with E-state index in [2.05, 4.69) is 33.5 Å². The minimum absolute atomic E-state index is 0.0175. The molecule has 2 aromatic carbocycles. The first-order valence-corrected chi connectivity index (χ1v) is 10.4. The average molecular weight is 460 g/mol. The number of carbonyl (C=O) groups excluding carboxylic acids is 2. The van der Waals surface area contributed by atoms with Gasteiger partial charge in [0.25, 0.3) is 11.8 Å². The van der Waals surface area contributed by atoms with Crippen LogP contribution in [-0.2, 0) is 0 Å². The quantitative estimate of drug-likeness (QED) is 0.665. The van der Waals surface area contributed by atoms with Crippen molar-refractivity contribution in [1.82, 2.24) is 10.2 Å². The Labute approximate surface area is 178 Å². The van der Waals surface area contributed by atoms with Gasteiger partial charge < -0.3 is 10.2 Å². The smallest absolute Gasteiger partial charge is 0.257 e. The molecule has 0 spiro atoms. The number of para-hydroxylation sites is 1. The zero-order valence-electron chi connectivity index (χ0n) is 15.6. The van der Waals surface area contributed by atoms with Crippen molar-refractivity contribution in [3.05, 3.63) is 64.1 Å². The summed E-state index contributed by atoms with van der Waals surface area (Å²) in [5, 5.41) is 5.80. The Morgan fingerprint density at radius 2 is 1.82 bits per heavy atom. The van der Waals surface area contributed by atoms with E-state index in [4.69, 9.17) is 12.2 Å². The topological polar surface area (TPSA) is 61.4 Å². The summed E-state index contributed by atoms with van der Waals surface area (Å²) in [7, 11) is 0. The summed E-state index contributed by atoms with van der Waals surface area (Å²) in [6.45, 7) is 3.74. The molecule has 2 amide bonds. The Balaban J connectivity index is 1.68. The lowest BCUT2D eigenvalue weighted by atomic mass is 9.98. The van der Waals surface area contributed by atoms with Crippen LogP contribution in [0.1, 0.15) is 40.5 Å². The largest absolute Gasteiger partial charge is 0.339 e. The zero-order valence-corrected chi connectivity index (χ0v) is 18.0. The summed E-state index contributed by atoms with van der Waals surface area (Å²) in [6.07, 6.45) is 2.03. The molecule has 146 valence electrons. The molecule has 1 saturated heterocycles. The normalized spacial score (nSPS) is 14.4. The monoisotopic (exact) mass is 459 g/mol. The highest BCUT2D eigenvalue weighted by Crippen LogP contribution is 2.22. The third kappa shape index (κ3) is 5.17. The Hall–Kier alpha value is -2.25. The number of hydrogen-bond acceptors (Lipinski definition) is 3. The molecule has 2 aromatic rings. The standard InChI is InChI=1S/C21H22BrN3O2S/c1-14-9-11-25(12-10-14)20(27)17-7-2-3-8-18(17)23-21(28)24-19(26)15-5-4-6-16(22)13-15/h2-8,13-14H,9-12H2,1H3,(H2,23,24,26,28). The van der Waals surface area contributed by atoms with Gasteiger partial charge in [-0.2, -0.15) is 0 Å². The molecule has 1 fully saturated rings. The second-order valence-corrected chi connectivity index (χ2v) is 8.26. The highest BCUT2D eigenvalue weighted by molar-refractivity contribution is 9.10. The SMILES string of the molecule is CC1CCN(C(=O)c2ccccc2NC(=S)NC(=O)c2cccc(Br)c2)CC1. The number of anilines is 1. The first kappa shape index (κ1) is 20.5. The molecular weight excluding hydrogens is 438 g/mol. The Morgan fingerprint density at radius 1 is 1.11 bits per heavy atom. The molecule has 28 heavy (non-hydrogen) atoms. The molecule has 1 heterocycles. The Kier molecular flexibility index (Phi) is 6.80. The summed E-state index contributed by atoms with van der Waals surface area (Å²) >= 11 is 8.63. The van der Waals surface area contributed by atoms with E-state index in [1.807, 2.05) is 23.1 Å². The van der Waals surface area contributed by atoms with Gasteiger partial charge in [0.05, 0.1) is 11.3 Å². The number of rotatable bonds is 3. The van der Waals surface area contributed by atoms with E-state index in [1.165, 1.54) is 0 Å². The molecule has 0 unspecified atom stereocenters. The summed E-state index contributed by atoms with van der Waals surface area (Å²) < 4.78 is 0.811. The highest BCUT2D eigenvalue weighted by Gasteiger charge is 2.23. The minimum Gasteiger partial charge on any atom is -0.339 e. The van der Waals surface area contributed by atoms with E-state index in [0.29, 0.717) is 22.7 Å². The molecule has 0 saturated carbocycles. The molecule has 3 rings (SSSR count). The van der Waals surface area contributed by atoms with Crippen LogP contribution >= 0.6 is 28.1 Å². The van der Waals surface area contributed by atoms with Gasteiger partial charge in [-0.1, -0.05) is 41.1 Å². The lowest BCUT2D eigenvalue weighted by Crippen LogP contribution is -2.39. The summed E-state index contributed by atoms with van der Waals surface area (Å²) in [6, 6.07) is 14.3. The summed E-state index contributed by atoms with van der Waals surface area (Å²) in [4.78, 5) is 27.2. The van der Waals surface area contributed by atoms with Gasteiger partial charge in [0.15, 0.2) is 5.11 Å². The predicted octanol–water partition coefficient (Wildman–Crippen LogP) is 4.45. The van der Waals surface area contributed by atoms with Gasteiger partial charge in [0, 0.05) is 23.1 Å². The molecule has 2 N–H and O–H groups in total. The number of halogens is 1. The molecule has 1 aliphatic rings. The van der Waals surface area contributed by atoms with E-state index in [0.717, 1.165) is 30.4 Å². The molecule has 0 aliphatic carbocycles. The average Bonchev–Trinajstić information content (AvgIpc) is 2.68. The highest BCUT2D eigenvalue weighted by atomic mass is 79.9. The zero-order chi connectivity index (χ0) is 20.1. The van der Waals surface area contributed by atoms with Crippen LogP contribution in [0.2, 0.25) is 0 Å². The van der Waals surface area contributed by atoms with Gasteiger partial charge in [0.2, 0.25) is 0 Å². The van der Waals surface area contributed by atoms with Crippen molar-refractivity contribution in [3.63, 3.8) is 0 Å². The molecule has 1 aliphatic heterocycles. The lowest BCUT2D eigenvalue weighted by Gasteiger charge is -2.30. The van der Waals surface area contributed by atoms with E-state index >= 15 is 0 Å². The number of piperidine rings is 1. The van der Waals surface area contributed by atoms with Crippen molar-refractivity contribution >= 4 is 50.8 Å². The number of carbonyl (C=O) groups is 2. The van der Waals surface area contributed by atoms with Crippen molar-refractivity contribution in [3.8, 4) is 0 Å². The minimum atomic E-state index is -0.312. The maximum atomic E-state index is 12.9. The molecule has 7 heteroatoms. The third-order valence-corrected chi connectivity index (χ3v) is 5.49. The van der Waals surface area contributed by atoms with Crippen LogP contribution in [0.25, 0.3) is 0 Å². The van der Waals surface area contributed by atoms with Crippen molar-refractivity contribution in [2.24, 2.45) is 5.92 Å². The van der Waals surface area contributed by atoms with Gasteiger partial charge in [0.1, 0.15) is 0 Å². The van der Waals surface area contributed by atoms with Crippen LogP contribution in [0.15, 0.2) is 53.0 Å². The number of nitrogens with one attached hydrogen (secondary N) is 2. The number of nitrogens with zero attached hydrogens (tertiary/aromatic N) is 1. The molecule has 0 aromatic heterocycles. The third-order valence-electron chi connectivity index (χ3n) is 4.79. The van der Waals surface area contributed by atoms with Crippen molar-refractivity contribution in [2.75, 3.05) is 18.4 Å². The second-order valence-electron chi connectivity index (χ2n) is 6.94. The number of likely N-dealkylation sites (tertiary alicyclic amines) is 1. The second kappa shape index (κ2) is 9.30. The van der Waals surface area contributed by atoms with Crippen molar-refractivity contribution in [1.29, 1.82) is 0 Å². The molecule has 5 nitrogen and oxygen atoms in total. The van der Waals surface area contributed by atoms with Crippen LogP contribution in [-0.4, -0.2) is 34.9 Å². The van der Waals surface area contributed by atoms with Crippen LogP contribution in [0, 0.1) is 5.92 Å². The van der Waals surface area contributed by atoms with Crippen LogP contribution in [0.5, 0.6) is 0 Å². The predicted molar refractivity (Wildman–Crippen MR) is 119 cm³/mol. The molecule has 0 radical (unpaired) electrons. The number of benzene rings is 2. The van der Waals surface area contributed by atoms with Crippen LogP contribution in [0.3, 0.4) is 0 Å². The van der Waals surface area contributed by atoms with Gasteiger partial charge in [-0.05, 0) is 61.3 Å². The first-order valence-electron chi connectivity index (χ1n) is 9.20. The lowest BCUT2D eigenvalue weighted by molar-refractivity contribution is 0.0698. The van der Waals surface area contributed by atoms with Gasteiger partial charge >= 0.3 is 0 Å². The Bertz CT molecular complexity index is 895.